The van der Waals surface area contributed by atoms with Crippen LogP contribution >= 0.6 is 23.2 Å². The number of aryl methyl sites for hydroxylation is 1. The van der Waals surface area contributed by atoms with Gasteiger partial charge in [0.1, 0.15) is 6.10 Å². The van der Waals surface area contributed by atoms with E-state index in [9.17, 15) is 13.8 Å². The summed E-state index contributed by atoms with van der Waals surface area (Å²) < 4.78 is 18.3. The van der Waals surface area contributed by atoms with Crippen molar-refractivity contribution >= 4 is 45.9 Å². The van der Waals surface area contributed by atoms with Crippen LogP contribution < -0.4 is 0 Å². The van der Waals surface area contributed by atoms with Crippen LogP contribution in [0.1, 0.15) is 68.2 Å². The van der Waals surface area contributed by atoms with E-state index in [4.69, 9.17) is 33.0 Å². The lowest BCUT2D eigenvalue weighted by Crippen LogP contribution is -2.55. The second-order valence-electron chi connectivity index (χ2n) is 11.6. The average molecular weight is 648 g/mol. The SMILES string of the molecule is CC1OC[C@@H](c2ccc(Cl)cc2)N(C(CS(=O)C(C)(C)C)C2CC2)C1=O.Cc1ccc(C(=O)O)cn1.Clc1ccccc1. The number of hydrogen-bond acceptors (Lipinski definition) is 5. The van der Waals surface area contributed by atoms with Gasteiger partial charge >= 0.3 is 5.97 Å². The number of pyridine rings is 1. The molecular weight excluding hydrogens is 607 g/mol. The molecule has 232 valence electrons. The van der Waals surface area contributed by atoms with Gasteiger partial charge < -0.3 is 14.7 Å². The minimum Gasteiger partial charge on any atom is -0.478 e. The van der Waals surface area contributed by atoms with Crippen LogP contribution in [0, 0.1) is 12.8 Å². The molecule has 1 N–H and O–H groups in total. The second kappa shape index (κ2) is 15.8. The highest BCUT2D eigenvalue weighted by Gasteiger charge is 2.46. The van der Waals surface area contributed by atoms with Crippen LogP contribution in [0.5, 0.6) is 0 Å². The molecule has 10 heteroatoms. The molecule has 0 bridgehead atoms. The maximum absolute atomic E-state index is 13.1. The summed E-state index contributed by atoms with van der Waals surface area (Å²) in [6.45, 7) is 10.1. The number of amides is 1. The van der Waals surface area contributed by atoms with E-state index < -0.39 is 22.9 Å². The molecule has 3 unspecified atom stereocenters. The number of nitrogens with zero attached hydrogens (tertiary/aromatic N) is 2. The summed E-state index contributed by atoms with van der Waals surface area (Å²) >= 11 is 11.6. The molecule has 2 aromatic carbocycles. The van der Waals surface area contributed by atoms with E-state index in [0.29, 0.717) is 23.3 Å². The molecule has 3 aromatic rings. The normalized spacial score (nSPS) is 19.7. The van der Waals surface area contributed by atoms with E-state index in [0.717, 1.165) is 29.1 Å². The van der Waals surface area contributed by atoms with Gasteiger partial charge in [-0.05, 0) is 95.3 Å². The van der Waals surface area contributed by atoms with E-state index in [1.54, 1.807) is 13.0 Å². The Hall–Kier alpha value is -2.78. The zero-order valence-corrected chi connectivity index (χ0v) is 27.5. The van der Waals surface area contributed by atoms with Crippen LogP contribution in [0.2, 0.25) is 10.0 Å². The van der Waals surface area contributed by atoms with Crippen molar-refractivity contribution in [3.63, 3.8) is 0 Å². The number of carbonyl (C=O) groups is 2. The summed E-state index contributed by atoms with van der Waals surface area (Å²) in [4.78, 5) is 29.1. The number of halogens is 2. The summed E-state index contributed by atoms with van der Waals surface area (Å²) in [6.07, 6.45) is 3.08. The molecule has 1 saturated carbocycles. The molecule has 0 spiro atoms. The number of rotatable bonds is 6. The first kappa shape index (κ1) is 34.7. The molecule has 2 aliphatic rings. The highest BCUT2D eigenvalue weighted by molar-refractivity contribution is 7.86. The highest BCUT2D eigenvalue weighted by Crippen LogP contribution is 2.41. The number of hydrogen-bond donors (Lipinski definition) is 1. The zero-order chi connectivity index (χ0) is 31.7. The lowest BCUT2D eigenvalue weighted by Gasteiger charge is -2.44. The Bertz CT molecular complexity index is 1360. The molecule has 5 rings (SSSR count). The number of aromatic carboxylic acids is 1. The second-order valence-corrected chi connectivity index (χ2v) is 14.7. The zero-order valence-electron chi connectivity index (χ0n) is 25.2. The molecule has 1 saturated heterocycles. The molecule has 2 fully saturated rings. The summed E-state index contributed by atoms with van der Waals surface area (Å²) in [7, 11) is -1.01. The third-order valence-corrected chi connectivity index (χ3v) is 9.63. The largest absolute Gasteiger partial charge is 0.478 e. The third kappa shape index (κ3) is 10.7. The van der Waals surface area contributed by atoms with Crippen molar-refractivity contribution in [2.75, 3.05) is 12.4 Å². The smallest absolute Gasteiger partial charge is 0.337 e. The fourth-order valence-corrected chi connectivity index (χ4v) is 5.94. The van der Waals surface area contributed by atoms with Gasteiger partial charge in [-0.25, -0.2) is 4.79 Å². The quantitative estimate of drug-likeness (QED) is 0.300. The summed E-state index contributed by atoms with van der Waals surface area (Å²) in [6, 6.07) is 20.1. The van der Waals surface area contributed by atoms with Gasteiger partial charge in [0.15, 0.2) is 0 Å². The maximum Gasteiger partial charge on any atom is 0.337 e. The predicted octanol–water partition coefficient (Wildman–Crippen LogP) is 7.38. The molecule has 1 aromatic heterocycles. The van der Waals surface area contributed by atoms with Crippen molar-refractivity contribution in [2.45, 2.75) is 70.4 Å². The van der Waals surface area contributed by atoms with Crippen molar-refractivity contribution in [3.05, 3.63) is 99.8 Å². The number of carboxylic acids is 1. The Morgan fingerprint density at radius 3 is 2.12 bits per heavy atom. The van der Waals surface area contributed by atoms with Gasteiger partial charge in [0, 0.05) is 49.3 Å². The van der Waals surface area contributed by atoms with E-state index in [-0.39, 0.29) is 28.3 Å². The Kier molecular flexibility index (Phi) is 12.8. The summed E-state index contributed by atoms with van der Waals surface area (Å²) in [5.41, 5.74) is 2.07. The van der Waals surface area contributed by atoms with E-state index in [1.807, 2.05) is 87.2 Å². The standard InChI is InChI=1S/C20H28ClNO3S.C7H7NO2.C6H5Cl/c1-13-19(23)22(17(11-25-13)14-7-9-16(21)10-8-14)18(15-5-6-15)12-26(24)20(2,3)4;1-5-2-3-6(4-8-5)7(9)10;7-6-4-2-1-3-5-6/h7-10,13,15,17-18H,5-6,11-12H2,1-4H3;2-4H,1H3,(H,9,10);1-5H/t13?,17-,18?,26?;;/m0../s1. The predicted molar refractivity (Wildman–Crippen MR) is 173 cm³/mol. The maximum atomic E-state index is 13.1. The van der Waals surface area contributed by atoms with Gasteiger partial charge in [-0.3, -0.25) is 14.0 Å². The fraction of sp³-hybridized carbons (Fsp3) is 0.424. The van der Waals surface area contributed by atoms with E-state index in [2.05, 4.69) is 4.98 Å². The fourth-order valence-electron chi connectivity index (χ4n) is 4.43. The Balaban J connectivity index is 0.000000241. The monoisotopic (exact) mass is 646 g/mol. The first-order chi connectivity index (χ1) is 20.3. The molecule has 2 heterocycles. The van der Waals surface area contributed by atoms with Gasteiger partial charge in [0.25, 0.3) is 5.91 Å². The topological polar surface area (TPSA) is 96.8 Å². The Morgan fingerprint density at radius 2 is 1.65 bits per heavy atom. The highest BCUT2D eigenvalue weighted by atomic mass is 35.5. The number of carboxylic acid groups (broad SMARTS) is 1. The van der Waals surface area contributed by atoms with Crippen LogP contribution in [0.3, 0.4) is 0 Å². The van der Waals surface area contributed by atoms with Crippen LogP contribution in [0.25, 0.3) is 0 Å². The molecule has 4 atom stereocenters. The van der Waals surface area contributed by atoms with Crippen molar-refractivity contribution in [1.82, 2.24) is 9.88 Å². The number of benzene rings is 2. The number of ether oxygens (including phenoxy) is 1. The molecule has 43 heavy (non-hydrogen) atoms. The number of carbonyl (C=O) groups excluding carboxylic acids is 1. The van der Waals surface area contributed by atoms with Gasteiger partial charge in [0.2, 0.25) is 0 Å². The van der Waals surface area contributed by atoms with Crippen LogP contribution in [-0.2, 0) is 20.3 Å². The molecular formula is C33H40Cl2N2O5S. The lowest BCUT2D eigenvalue weighted by molar-refractivity contribution is -0.162. The number of morpholine rings is 1. The Labute approximate surface area is 267 Å². The third-order valence-electron chi connectivity index (χ3n) is 7.12. The van der Waals surface area contributed by atoms with Crippen molar-refractivity contribution in [3.8, 4) is 0 Å². The molecule has 7 nitrogen and oxygen atoms in total. The summed E-state index contributed by atoms with van der Waals surface area (Å²) in [5, 5.41) is 9.90. The Morgan fingerprint density at radius 1 is 1.05 bits per heavy atom. The van der Waals surface area contributed by atoms with Crippen molar-refractivity contribution in [1.29, 1.82) is 0 Å². The first-order valence-electron chi connectivity index (χ1n) is 14.2. The lowest BCUT2D eigenvalue weighted by atomic mass is 9.99. The average Bonchev–Trinajstić information content (AvgIpc) is 3.80. The van der Waals surface area contributed by atoms with E-state index >= 15 is 0 Å². The molecule has 1 amide bonds. The first-order valence-corrected chi connectivity index (χ1v) is 16.3. The van der Waals surface area contributed by atoms with Gasteiger partial charge in [-0.1, -0.05) is 53.5 Å². The van der Waals surface area contributed by atoms with Crippen LogP contribution in [0.4, 0.5) is 0 Å². The van der Waals surface area contributed by atoms with Gasteiger partial charge in [-0.2, -0.15) is 0 Å². The molecule has 0 radical (unpaired) electrons. The minimum atomic E-state index is -1.01. The molecule has 1 aliphatic heterocycles. The molecule has 1 aliphatic carbocycles. The number of aromatic nitrogens is 1. The van der Waals surface area contributed by atoms with Gasteiger partial charge in [-0.15, -0.1) is 0 Å². The van der Waals surface area contributed by atoms with Crippen molar-refractivity contribution in [2.24, 2.45) is 5.92 Å². The van der Waals surface area contributed by atoms with Crippen LogP contribution in [0.15, 0.2) is 72.9 Å². The van der Waals surface area contributed by atoms with Crippen LogP contribution in [-0.4, -0.2) is 60.3 Å². The van der Waals surface area contributed by atoms with Gasteiger partial charge in [0.05, 0.1) is 18.2 Å². The minimum absolute atomic E-state index is 0.000917. The summed E-state index contributed by atoms with van der Waals surface area (Å²) in [5.74, 6) is 0.0216. The van der Waals surface area contributed by atoms with E-state index in [1.165, 1.54) is 12.3 Å². The van der Waals surface area contributed by atoms with Crippen molar-refractivity contribution < 1.29 is 23.6 Å².